The Morgan fingerprint density at radius 2 is 2.07 bits per heavy atom. The molecule has 0 aliphatic rings. The summed E-state index contributed by atoms with van der Waals surface area (Å²) in [7, 11) is 0. The first-order valence-electron chi connectivity index (χ1n) is 4.22. The maximum absolute atomic E-state index is 11.1. The second-order valence-corrected chi connectivity index (χ2v) is 3.00. The van der Waals surface area contributed by atoms with Crippen molar-refractivity contribution in [2.45, 2.75) is 6.92 Å². The molecule has 4 heteroatoms. The molecule has 78 valence electrons. The van der Waals surface area contributed by atoms with Crippen molar-refractivity contribution in [1.29, 1.82) is 0 Å². The van der Waals surface area contributed by atoms with Crippen molar-refractivity contribution < 1.29 is 19.4 Å². The van der Waals surface area contributed by atoms with Crippen LogP contribution >= 0.6 is 0 Å². The van der Waals surface area contributed by atoms with Crippen LogP contribution in [-0.4, -0.2) is 17.0 Å². The summed E-state index contributed by atoms with van der Waals surface area (Å²) in [6.07, 6.45) is 0. The van der Waals surface area contributed by atoms with Gasteiger partial charge in [-0.05, 0) is 25.1 Å². The average molecular weight is 206 g/mol. The average Bonchev–Trinajstić information content (AvgIpc) is 2.18. The summed E-state index contributed by atoms with van der Waals surface area (Å²) < 4.78 is 4.86. The number of carbonyl (C=O) groups excluding carboxylic acids is 1. The van der Waals surface area contributed by atoms with E-state index in [2.05, 4.69) is 6.58 Å². The first-order valence-corrected chi connectivity index (χ1v) is 4.22. The van der Waals surface area contributed by atoms with E-state index in [0.717, 1.165) is 0 Å². The Morgan fingerprint density at radius 3 is 2.60 bits per heavy atom. The molecule has 0 fully saturated rings. The van der Waals surface area contributed by atoms with E-state index in [1.54, 1.807) is 0 Å². The lowest BCUT2D eigenvalue weighted by atomic mass is 10.2. The van der Waals surface area contributed by atoms with Gasteiger partial charge in [0.25, 0.3) is 0 Å². The van der Waals surface area contributed by atoms with Crippen LogP contribution in [0.5, 0.6) is 5.75 Å². The predicted octanol–water partition coefficient (Wildman–Crippen LogP) is 1.87. The van der Waals surface area contributed by atoms with E-state index < -0.39 is 11.9 Å². The van der Waals surface area contributed by atoms with E-state index in [4.69, 9.17) is 9.84 Å². The molecule has 0 aliphatic heterocycles. The second-order valence-electron chi connectivity index (χ2n) is 3.00. The highest BCUT2D eigenvalue weighted by Gasteiger charge is 2.08. The van der Waals surface area contributed by atoms with Gasteiger partial charge in [-0.1, -0.05) is 12.6 Å². The number of esters is 1. The second kappa shape index (κ2) is 4.41. The third-order valence-electron chi connectivity index (χ3n) is 1.64. The molecule has 1 rings (SSSR count). The number of carboxylic acid groups (broad SMARTS) is 1. The Bertz CT molecular complexity index is 420. The van der Waals surface area contributed by atoms with Gasteiger partial charge in [0, 0.05) is 5.57 Å². The van der Waals surface area contributed by atoms with Crippen LogP contribution in [0, 0.1) is 0 Å². The Hall–Kier alpha value is -2.10. The first-order chi connectivity index (χ1) is 7.00. The van der Waals surface area contributed by atoms with Gasteiger partial charge in [-0.25, -0.2) is 9.59 Å². The van der Waals surface area contributed by atoms with E-state index >= 15 is 0 Å². The monoisotopic (exact) mass is 206 g/mol. The van der Waals surface area contributed by atoms with Gasteiger partial charge < -0.3 is 9.84 Å². The molecule has 4 nitrogen and oxygen atoms in total. The van der Waals surface area contributed by atoms with Crippen molar-refractivity contribution >= 4 is 11.9 Å². The van der Waals surface area contributed by atoms with Crippen molar-refractivity contribution in [2.24, 2.45) is 0 Å². The summed E-state index contributed by atoms with van der Waals surface area (Å²) >= 11 is 0. The van der Waals surface area contributed by atoms with Crippen LogP contribution in [0.3, 0.4) is 0 Å². The minimum Gasteiger partial charge on any atom is -0.478 e. The first kappa shape index (κ1) is 11.0. The Morgan fingerprint density at radius 1 is 1.40 bits per heavy atom. The maximum atomic E-state index is 11.1. The highest BCUT2D eigenvalue weighted by molar-refractivity contribution is 5.90. The van der Waals surface area contributed by atoms with Crippen molar-refractivity contribution in [3.8, 4) is 5.75 Å². The lowest BCUT2D eigenvalue weighted by Gasteiger charge is -2.03. The zero-order chi connectivity index (χ0) is 11.4. The van der Waals surface area contributed by atoms with Crippen LogP contribution < -0.4 is 4.74 Å². The molecule has 0 aromatic heterocycles. The van der Waals surface area contributed by atoms with Crippen LogP contribution in [0.25, 0.3) is 0 Å². The molecule has 0 unspecified atom stereocenters. The molecule has 0 saturated carbocycles. The SMILES string of the molecule is C=C(C)C(=O)Oc1cccc(C(=O)O)c1. The fourth-order valence-corrected chi connectivity index (χ4v) is 0.887. The van der Waals surface area contributed by atoms with Crippen molar-refractivity contribution in [3.63, 3.8) is 0 Å². The van der Waals surface area contributed by atoms with Gasteiger partial charge in [-0.2, -0.15) is 0 Å². The third-order valence-corrected chi connectivity index (χ3v) is 1.64. The minimum atomic E-state index is -1.07. The molecule has 0 radical (unpaired) electrons. The van der Waals surface area contributed by atoms with Gasteiger partial charge in [0.05, 0.1) is 5.56 Å². The highest BCUT2D eigenvalue weighted by Crippen LogP contribution is 2.14. The summed E-state index contributed by atoms with van der Waals surface area (Å²) in [5, 5.41) is 8.69. The largest absolute Gasteiger partial charge is 0.478 e. The molecular formula is C11H10O4. The number of benzene rings is 1. The molecule has 0 atom stereocenters. The van der Waals surface area contributed by atoms with Gasteiger partial charge in [-0.15, -0.1) is 0 Å². The smallest absolute Gasteiger partial charge is 0.338 e. The van der Waals surface area contributed by atoms with E-state index in [1.165, 1.54) is 31.2 Å². The molecule has 0 amide bonds. The molecule has 1 aromatic carbocycles. The number of carbonyl (C=O) groups is 2. The Labute approximate surface area is 86.8 Å². The lowest BCUT2D eigenvalue weighted by molar-refractivity contribution is -0.130. The van der Waals surface area contributed by atoms with Gasteiger partial charge in [0.1, 0.15) is 5.75 Å². The molecule has 1 N–H and O–H groups in total. The zero-order valence-electron chi connectivity index (χ0n) is 8.19. The number of rotatable bonds is 3. The van der Waals surface area contributed by atoms with Gasteiger partial charge >= 0.3 is 11.9 Å². The normalized spacial score (nSPS) is 9.40. The molecular weight excluding hydrogens is 196 g/mol. The summed E-state index contributed by atoms with van der Waals surface area (Å²) in [6.45, 7) is 4.94. The number of carboxylic acids is 1. The topological polar surface area (TPSA) is 63.6 Å². The zero-order valence-corrected chi connectivity index (χ0v) is 8.19. The van der Waals surface area contributed by atoms with E-state index in [0.29, 0.717) is 0 Å². The van der Waals surface area contributed by atoms with Crippen LogP contribution in [0.2, 0.25) is 0 Å². The molecule has 0 spiro atoms. The molecule has 1 aromatic rings. The van der Waals surface area contributed by atoms with Gasteiger partial charge in [0.2, 0.25) is 0 Å². The fraction of sp³-hybridized carbons (Fsp3) is 0.0909. The summed E-state index contributed by atoms with van der Waals surface area (Å²) in [4.78, 5) is 21.7. The fourth-order valence-electron chi connectivity index (χ4n) is 0.887. The number of aromatic carboxylic acids is 1. The van der Waals surface area contributed by atoms with Crippen molar-refractivity contribution in [1.82, 2.24) is 0 Å². The molecule has 0 saturated heterocycles. The van der Waals surface area contributed by atoms with Crippen LogP contribution in [0.15, 0.2) is 36.4 Å². The Balaban J connectivity index is 2.87. The molecule has 0 aliphatic carbocycles. The van der Waals surface area contributed by atoms with Crippen LogP contribution in [0.1, 0.15) is 17.3 Å². The maximum Gasteiger partial charge on any atom is 0.338 e. The van der Waals surface area contributed by atoms with E-state index in [9.17, 15) is 9.59 Å². The van der Waals surface area contributed by atoms with E-state index in [1.807, 2.05) is 0 Å². The summed E-state index contributed by atoms with van der Waals surface area (Å²) in [5.41, 5.74) is 0.331. The predicted molar refractivity (Wildman–Crippen MR) is 53.9 cm³/mol. The standard InChI is InChI=1S/C11H10O4/c1-7(2)11(14)15-9-5-3-4-8(6-9)10(12)13/h3-6H,1H2,2H3,(H,12,13). The molecule has 0 bridgehead atoms. The Kier molecular flexibility index (Phi) is 3.23. The number of ether oxygens (including phenoxy) is 1. The van der Waals surface area contributed by atoms with Gasteiger partial charge in [0.15, 0.2) is 0 Å². The number of hydrogen-bond donors (Lipinski definition) is 1. The summed E-state index contributed by atoms with van der Waals surface area (Å²) in [6, 6.07) is 5.71. The lowest BCUT2D eigenvalue weighted by Crippen LogP contribution is -2.08. The van der Waals surface area contributed by atoms with Crippen molar-refractivity contribution in [3.05, 3.63) is 42.0 Å². The quantitative estimate of drug-likeness (QED) is 0.465. The van der Waals surface area contributed by atoms with E-state index in [-0.39, 0.29) is 16.9 Å². The highest BCUT2D eigenvalue weighted by atomic mass is 16.5. The van der Waals surface area contributed by atoms with Gasteiger partial charge in [-0.3, -0.25) is 0 Å². The molecule has 0 heterocycles. The summed E-state index contributed by atoms with van der Waals surface area (Å²) in [5.74, 6) is -1.44. The third kappa shape index (κ3) is 2.95. The molecule has 15 heavy (non-hydrogen) atoms. The number of hydrogen-bond acceptors (Lipinski definition) is 3. The van der Waals surface area contributed by atoms with Crippen LogP contribution in [-0.2, 0) is 4.79 Å². The van der Waals surface area contributed by atoms with Crippen molar-refractivity contribution in [2.75, 3.05) is 0 Å². The minimum absolute atomic E-state index is 0.0713. The van der Waals surface area contributed by atoms with Crippen LogP contribution in [0.4, 0.5) is 0 Å².